The first kappa shape index (κ1) is 18.3. The van der Waals surface area contributed by atoms with E-state index in [4.69, 9.17) is 0 Å². The Bertz CT molecular complexity index is 666. The number of carbonyl (C=O) groups is 1. The quantitative estimate of drug-likeness (QED) is 0.837. The molecule has 1 aliphatic rings. The normalized spacial score (nSPS) is 15.9. The van der Waals surface area contributed by atoms with Gasteiger partial charge in [-0.05, 0) is 12.8 Å². The minimum Gasteiger partial charge on any atom is -0.302 e. The van der Waals surface area contributed by atoms with Gasteiger partial charge in [-0.1, -0.05) is 13.8 Å². The Balaban J connectivity index is 2.12. The van der Waals surface area contributed by atoms with E-state index in [1.54, 1.807) is 0 Å². The summed E-state index contributed by atoms with van der Waals surface area (Å²) in [6.07, 6.45) is 2.16. The molecule has 0 saturated carbocycles. The first-order chi connectivity index (χ1) is 10.8. The van der Waals surface area contributed by atoms with E-state index >= 15 is 0 Å². The summed E-state index contributed by atoms with van der Waals surface area (Å²) >= 11 is 1.37. The van der Waals surface area contributed by atoms with Crippen LogP contribution in [0.5, 0.6) is 0 Å². The van der Waals surface area contributed by atoms with Crippen LogP contribution in [0.4, 0.5) is 5.13 Å². The number of carbonyl (C=O) groups excluding carboxylic acids is 1. The summed E-state index contributed by atoms with van der Waals surface area (Å²) in [6.45, 7) is 4.71. The largest absolute Gasteiger partial charge is 0.302 e. The van der Waals surface area contributed by atoms with E-state index in [0.29, 0.717) is 24.6 Å². The fraction of sp³-hybridized carbons (Fsp3) is 0.714. The van der Waals surface area contributed by atoms with Crippen LogP contribution in [0.15, 0.2) is 0 Å². The minimum atomic E-state index is -3.42. The van der Waals surface area contributed by atoms with E-state index in [-0.39, 0.29) is 11.8 Å². The highest BCUT2D eigenvalue weighted by atomic mass is 32.2. The van der Waals surface area contributed by atoms with Gasteiger partial charge in [-0.3, -0.25) is 4.79 Å². The minimum absolute atomic E-state index is 0.0125. The van der Waals surface area contributed by atoms with Crippen molar-refractivity contribution in [1.82, 2.24) is 13.6 Å². The molecule has 0 saturated heterocycles. The van der Waals surface area contributed by atoms with E-state index < -0.39 is 10.2 Å². The summed E-state index contributed by atoms with van der Waals surface area (Å²) in [6, 6.07) is 0. The molecule has 0 aliphatic carbocycles. The maximum Gasteiger partial charge on any atom is 0.281 e. The van der Waals surface area contributed by atoms with Crippen molar-refractivity contribution >= 4 is 32.6 Å². The third kappa shape index (κ3) is 3.90. The molecule has 0 aromatic carbocycles. The van der Waals surface area contributed by atoms with E-state index in [1.807, 2.05) is 13.8 Å². The van der Waals surface area contributed by atoms with Crippen LogP contribution in [-0.4, -0.2) is 48.6 Å². The van der Waals surface area contributed by atoms with Gasteiger partial charge in [0.25, 0.3) is 10.2 Å². The molecule has 1 aliphatic heterocycles. The molecule has 0 unspecified atom stereocenters. The lowest BCUT2D eigenvalue weighted by molar-refractivity contribution is -0.120. The van der Waals surface area contributed by atoms with Gasteiger partial charge < -0.3 is 5.32 Å². The van der Waals surface area contributed by atoms with E-state index in [0.717, 1.165) is 23.4 Å². The van der Waals surface area contributed by atoms with Crippen molar-refractivity contribution in [3.05, 3.63) is 10.6 Å². The number of nitrogens with one attached hydrogen (secondary N) is 1. The maximum atomic E-state index is 12.2. The lowest BCUT2D eigenvalue weighted by atomic mass is 10.0. The Morgan fingerprint density at radius 2 is 2.04 bits per heavy atom. The number of hydrogen-bond donors (Lipinski definition) is 1. The molecule has 0 atom stereocenters. The van der Waals surface area contributed by atoms with Crippen molar-refractivity contribution in [2.24, 2.45) is 5.92 Å². The number of hydrogen-bond acceptors (Lipinski definition) is 5. The summed E-state index contributed by atoms with van der Waals surface area (Å²) in [5.41, 5.74) is 0.889. The number of rotatable bonds is 6. The molecule has 7 nitrogen and oxygen atoms in total. The molecular formula is C14H24N4O3S2. The van der Waals surface area contributed by atoms with Gasteiger partial charge in [0, 0.05) is 37.9 Å². The Morgan fingerprint density at radius 3 is 2.61 bits per heavy atom. The first-order valence-electron chi connectivity index (χ1n) is 7.76. The Kier molecular flexibility index (Phi) is 5.77. The molecule has 130 valence electrons. The molecule has 0 fully saturated rings. The highest BCUT2D eigenvalue weighted by Gasteiger charge is 2.30. The summed E-state index contributed by atoms with van der Waals surface area (Å²) in [7, 11) is -0.366. The Labute approximate surface area is 141 Å². The van der Waals surface area contributed by atoms with Crippen LogP contribution in [-0.2, 0) is 28.0 Å². The number of amides is 1. The van der Waals surface area contributed by atoms with Crippen LogP contribution in [0.3, 0.4) is 0 Å². The molecule has 0 bridgehead atoms. The first-order valence-corrected chi connectivity index (χ1v) is 9.97. The van der Waals surface area contributed by atoms with E-state index in [2.05, 4.69) is 10.3 Å². The second-order valence-corrected chi connectivity index (χ2v) is 8.99. The molecule has 0 spiro atoms. The molecule has 1 aromatic heterocycles. The summed E-state index contributed by atoms with van der Waals surface area (Å²) in [5, 5.41) is 3.43. The van der Waals surface area contributed by atoms with Crippen molar-refractivity contribution in [2.75, 3.05) is 26.0 Å². The molecule has 2 rings (SSSR count). The average Bonchev–Trinajstić information content (AvgIpc) is 2.89. The number of nitrogens with zero attached hydrogens (tertiary/aromatic N) is 3. The summed E-state index contributed by atoms with van der Waals surface area (Å²) in [4.78, 5) is 17.5. The third-order valence-electron chi connectivity index (χ3n) is 4.07. The molecule has 1 N–H and O–H groups in total. The van der Waals surface area contributed by atoms with E-state index in [9.17, 15) is 13.2 Å². The zero-order valence-corrected chi connectivity index (χ0v) is 15.6. The SMILES string of the molecule is CCC(CC)C(=O)Nc1nc2c(s1)CN(S(=O)(=O)N(C)C)CC2. The van der Waals surface area contributed by atoms with Gasteiger partial charge >= 0.3 is 0 Å². The predicted molar refractivity (Wildman–Crippen MR) is 91.5 cm³/mol. The second kappa shape index (κ2) is 7.25. The smallest absolute Gasteiger partial charge is 0.281 e. The third-order valence-corrected chi connectivity index (χ3v) is 6.96. The zero-order chi connectivity index (χ0) is 17.2. The van der Waals surface area contributed by atoms with Crippen molar-refractivity contribution in [3.63, 3.8) is 0 Å². The maximum absolute atomic E-state index is 12.2. The second-order valence-electron chi connectivity index (χ2n) is 5.77. The van der Waals surface area contributed by atoms with Crippen LogP contribution in [0.25, 0.3) is 0 Å². The van der Waals surface area contributed by atoms with Crippen molar-refractivity contribution in [2.45, 2.75) is 39.7 Å². The van der Waals surface area contributed by atoms with Crippen molar-refractivity contribution in [1.29, 1.82) is 0 Å². The van der Waals surface area contributed by atoms with Crippen LogP contribution in [0.1, 0.15) is 37.3 Å². The van der Waals surface area contributed by atoms with Gasteiger partial charge in [0.15, 0.2) is 5.13 Å². The number of aromatic nitrogens is 1. The van der Waals surface area contributed by atoms with Gasteiger partial charge in [0.05, 0.1) is 12.2 Å². The molecule has 9 heteroatoms. The fourth-order valence-corrected chi connectivity index (χ4v) is 4.70. The Morgan fingerprint density at radius 1 is 1.39 bits per heavy atom. The number of anilines is 1. The standard InChI is InChI=1S/C14H24N4O3S2/c1-5-10(6-2)13(19)16-14-15-11-7-8-18(9-12(11)22-14)23(20,21)17(3)4/h10H,5-9H2,1-4H3,(H,15,16,19). The highest BCUT2D eigenvalue weighted by molar-refractivity contribution is 7.86. The van der Waals surface area contributed by atoms with Crippen molar-refractivity contribution in [3.8, 4) is 0 Å². The lowest BCUT2D eigenvalue weighted by Crippen LogP contribution is -2.42. The summed E-state index contributed by atoms with van der Waals surface area (Å²) in [5.74, 6) is -0.0274. The molecule has 1 aromatic rings. The predicted octanol–water partition coefficient (Wildman–Crippen LogP) is 1.68. The molecule has 23 heavy (non-hydrogen) atoms. The molecule has 0 radical (unpaired) electrons. The van der Waals surface area contributed by atoms with Crippen LogP contribution < -0.4 is 5.32 Å². The number of thiazole rings is 1. The molecular weight excluding hydrogens is 336 g/mol. The van der Waals surface area contributed by atoms with Gasteiger partial charge in [0.2, 0.25) is 5.91 Å². The van der Waals surface area contributed by atoms with Crippen LogP contribution >= 0.6 is 11.3 Å². The monoisotopic (exact) mass is 360 g/mol. The number of fused-ring (bicyclic) bond motifs is 1. The van der Waals surface area contributed by atoms with Crippen LogP contribution in [0.2, 0.25) is 0 Å². The van der Waals surface area contributed by atoms with Gasteiger partial charge in [-0.25, -0.2) is 4.98 Å². The fourth-order valence-electron chi connectivity index (χ4n) is 2.52. The Hall–Kier alpha value is -1.03. The lowest BCUT2D eigenvalue weighted by Gasteiger charge is -2.27. The van der Waals surface area contributed by atoms with Crippen LogP contribution in [0, 0.1) is 5.92 Å². The topological polar surface area (TPSA) is 82.6 Å². The van der Waals surface area contributed by atoms with Gasteiger partial charge in [0.1, 0.15) is 0 Å². The molecule has 1 amide bonds. The average molecular weight is 361 g/mol. The zero-order valence-electron chi connectivity index (χ0n) is 14.0. The molecule has 2 heterocycles. The van der Waals surface area contributed by atoms with Crippen molar-refractivity contribution < 1.29 is 13.2 Å². The van der Waals surface area contributed by atoms with Gasteiger partial charge in [-0.2, -0.15) is 17.0 Å². The van der Waals surface area contributed by atoms with Gasteiger partial charge in [-0.15, -0.1) is 11.3 Å². The summed E-state index contributed by atoms with van der Waals surface area (Å²) < 4.78 is 27.1. The highest BCUT2D eigenvalue weighted by Crippen LogP contribution is 2.30. The van der Waals surface area contributed by atoms with E-state index in [1.165, 1.54) is 34.0 Å².